The molecule has 0 saturated carbocycles. The standard InChI is InChI=1S/C18H21NO4/c1-11-4-6-14(7-5-11)12(2)9-19-18(22)17-13(3)10-23-15(17)8-16(20)21/h4-7,10,12H,8-9H2,1-3H3,(H,19,22)(H,20,21). The van der Waals surface area contributed by atoms with Gasteiger partial charge >= 0.3 is 5.97 Å². The molecular formula is C18H21NO4. The van der Waals surface area contributed by atoms with E-state index in [1.807, 2.05) is 38.1 Å². The van der Waals surface area contributed by atoms with Crippen molar-refractivity contribution >= 4 is 11.9 Å². The van der Waals surface area contributed by atoms with Gasteiger partial charge in [-0.15, -0.1) is 0 Å². The van der Waals surface area contributed by atoms with Crippen LogP contribution in [0.25, 0.3) is 0 Å². The second-order valence-electron chi connectivity index (χ2n) is 5.81. The van der Waals surface area contributed by atoms with Crippen LogP contribution in [0.2, 0.25) is 0 Å². The number of aliphatic carboxylic acids is 1. The van der Waals surface area contributed by atoms with E-state index in [2.05, 4.69) is 5.32 Å². The molecule has 1 aromatic heterocycles. The van der Waals surface area contributed by atoms with Crippen LogP contribution in [0.1, 0.15) is 45.7 Å². The Kier molecular flexibility index (Phi) is 5.21. The number of benzene rings is 1. The predicted molar refractivity (Wildman–Crippen MR) is 86.7 cm³/mol. The number of amides is 1. The molecule has 0 bridgehead atoms. The third-order valence-electron chi connectivity index (χ3n) is 3.81. The molecule has 0 aliphatic rings. The zero-order valence-corrected chi connectivity index (χ0v) is 13.6. The summed E-state index contributed by atoms with van der Waals surface area (Å²) < 4.78 is 5.19. The Morgan fingerprint density at radius 2 is 1.87 bits per heavy atom. The highest BCUT2D eigenvalue weighted by molar-refractivity contribution is 5.97. The Morgan fingerprint density at radius 1 is 1.22 bits per heavy atom. The Hall–Kier alpha value is -2.56. The minimum Gasteiger partial charge on any atom is -0.481 e. The van der Waals surface area contributed by atoms with Crippen LogP contribution in [0.15, 0.2) is 34.9 Å². The van der Waals surface area contributed by atoms with E-state index in [0.717, 1.165) is 5.56 Å². The third kappa shape index (κ3) is 4.22. The smallest absolute Gasteiger partial charge is 0.311 e. The molecule has 0 radical (unpaired) electrons. The second-order valence-corrected chi connectivity index (χ2v) is 5.81. The van der Waals surface area contributed by atoms with Crippen molar-refractivity contribution in [2.75, 3.05) is 6.54 Å². The zero-order chi connectivity index (χ0) is 17.0. The Labute approximate surface area is 135 Å². The van der Waals surface area contributed by atoms with E-state index in [0.29, 0.717) is 17.7 Å². The lowest BCUT2D eigenvalue weighted by Gasteiger charge is -2.13. The quantitative estimate of drug-likeness (QED) is 0.858. The lowest BCUT2D eigenvalue weighted by molar-refractivity contribution is -0.136. The van der Waals surface area contributed by atoms with Crippen LogP contribution in [-0.2, 0) is 11.2 Å². The highest BCUT2D eigenvalue weighted by atomic mass is 16.4. The second kappa shape index (κ2) is 7.13. The first-order chi connectivity index (χ1) is 10.9. The van der Waals surface area contributed by atoms with Crippen LogP contribution in [0.3, 0.4) is 0 Å². The van der Waals surface area contributed by atoms with Crippen LogP contribution in [-0.4, -0.2) is 23.5 Å². The maximum atomic E-state index is 12.4. The van der Waals surface area contributed by atoms with E-state index in [1.165, 1.54) is 11.8 Å². The molecule has 0 spiro atoms. The van der Waals surface area contributed by atoms with E-state index < -0.39 is 5.97 Å². The van der Waals surface area contributed by atoms with Crippen molar-refractivity contribution in [3.8, 4) is 0 Å². The molecule has 0 aliphatic carbocycles. The normalized spacial score (nSPS) is 12.0. The number of nitrogens with one attached hydrogen (secondary N) is 1. The number of rotatable bonds is 6. The Bertz CT molecular complexity index is 700. The molecule has 1 atom stereocenters. The monoisotopic (exact) mass is 315 g/mol. The molecule has 0 aliphatic heterocycles. The highest BCUT2D eigenvalue weighted by Crippen LogP contribution is 2.19. The largest absolute Gasteiger partial charge is 0.481 e. The van der Waals surface area contributed by atoms with Crippen molar-refractivity contribution in [2.24, 2.45) is 0 Å². The number of furan rings is 1. The van der Waals surface area contributed by atoms with Gasteiger partial charge in [0.05, 0.1) is 11.8 Å². The summed E-state index contributed by atoms with van der Waals surface area (Å²) in [5, 5.41) is 11.7. The number of carboxylic acids is 1. The van der Waals surface area contributed by atoms with Gasteiger partial charge in [-0.2, -0.15) is 0 Å². The topological polar surface area (TPSA) is 79.5 Å². The van der Waals surface area contributed by atoms with Crippen LogP contribution in [0.5, 0.6) is 0 Å². The first-order valence-electron chi connectivity index (χ1n) is 7.52. The first-order valence-corrected chi connectivity index (χ1v) is 7.52. The van der Waals surface area contributed by atoms with Gasteiger partial charge in [0.1, 0.15) is 12.2 Å². The molecule has 2 N–H and O–H groups in total. The predicted octanol–water partition coefficient (Wildman–Crippen LogP) is 3.06. The van der Waals surface area contributed by atoms with E-state index in [-0.39, 0.29) is 24.0 Å². The molecule has 1 heterocycles. The lowest BCUT2D eigenvalue weighted by atomic mass is 10.00. The van der Waals surface area contributed by atoms with Crippen molar-refractivity contribution in [1.29, 1.82) is 0 Å². The number of aryl methyl sites for hydroxylation is 2. The van der Waals surface area contributed by atoms with Crippen LogP contribution < -0.4 is 5.32 Å². The minimum absolute atomic E-state index is 0.162. The Morgan fingerprint density at radius 3 is 2.48 bits per heavy atom. The van der Waals surface area contributed by atoms with Gasteiger partial charge < -0.3 is 14.8 Å². The molecule has 1 amide bonds. The van der Waals surface area contributed by atoms with E-state index >= 15 is 0 Å². The summed E-state index contributed by atoms with van der Waals surface area (Å²) in [5.41, 5.74) is 3.30. The van der Waals surface area contributed by atoms with Crippen molar-refractivity contribution in [3.63, 3.8) is 0 Å². The average Bonchev–Trinajstić information content (AvgIpc) is 2.85. The minimum atomic E-state index is -1.03. The van der Waals surface area contributed by atoms with E-state index in [9.17, 15) is 9.59 Å². The summed E-state index contributed by atoms with van der Waals surface area (Å²) in [6.07, 6.45) is 1.11. The summed E-state index contributed by atoms with van der Waals surface area (Å²) in [5.74, 6) is -0.974. The first kappa shape index (κ1) is 16.8. The van der Waals surface area contributed by atoms with Gasteiger partial charge in [0.15, 0.2) is 0 Å². The fourth-order valence-electron chi connectivity index (χ4n) is 2.42. The van der Waals surface area contributed by atoms with E-state index in [1.54, 1.807) is 6.92 Å². The zero-order valence-electron chi connectivity index (χ0n) is 13.6. The van der Waals surface area contributed by atoms with Gasteiger partial charge in [-0.3, -0.25) is 9.59 Å². The number of carbonyl (C=O) groups is 2. The van der Waals surface area contributed by atoms with Crippen molar-refractivity contribution in [2.45, 2.75) is 33.1 Å². The van der Waals surface area contributed by atoms with E-state index in [4.69, 9.17) is 9.52 Å². The number of carbonyl (C=O) groups excluding carboxylic acids is 1. The molecule has 1 aromatic carbocycles. The summed E-state index contributed by atoms with van der Waals surface area (Å²) >= 11 is 0. The van der Waals surface area contributed by atoms with Gasteiger partial charge in [0.2, 0.25) is 0 Å². The molecule has 1 unspecified atom stereocenters. The summed E-state index contributed by atoms with van der Waals surface area (Å²) in [6, 6.07) is 8.17. The highest BCUT2D eigenvalue weighted by Gasteiger charge is 2.20. The van der Waals surface area contributed by atoms with Gasteiger partial charge in [-0.25, -0.2) is 0 Å². The number of carboxylic acid groups (broad SMARTS) is 1. The molecule has 5 nitrogen and oxygen atoms in total. The fraction of sp³-hybridized carbons (Fsp3) is 0.333. The molecule has 5 heteroatoms. The molecule has 0 saturated heterocycles. The van der Waals surface area contributed by atoms with Crippen molar-refractivity contribution in [1.82, 2.24) is 5.32 Å². The van der Waals surface area contributed by atoms with Gasteiger partial charge in [-0.1, -0.05) is 36.8 Å². The summed E-state index contributed by atoms with van der Waals surface area (Å²) in [6.45, 7) is 6.26. The van der Waals surface area contributed by atoms with Crippen molar-refractivity contribution in [3.05, 3.63) is 58.5 Å². The van der Waals surface area contributed by atoms with Crippen molar-refractivity contribution < 1.29 is 19.1 Å². The van der Waals surface area contributed by atoms with Gasteiger partial charge in [0.25, 0.3) is 5.91 Å². The van der Waals surface area contributed by atoms with Crippen LogP contribution in [0, 0.1) is 13.8 Å². The molecule has 23 heavy (non-hydrogen) atoms. The SMILES string of the molecule is Cc1ccc(C(C)CNC(=O)c2c(C)coc2CC(=O)O)cc1. The summed E-state index contributed by atoms with van der Waals surface area (Å²) in [4.78, 5) is 23.2. The van der Waals surface area contributed by atoms with Crippen LogP contribution >= 0.6 is 0 Å². The number of hydrogen-bond acceptors (Lipinski definition) is 3. The maximum absolute atomic E-state index is 12.4. The fourth-order valence-corrected chi connectivity index (χ4v) is 2.42. The molecule has 2 rings (SSSR count). The van der Waals surface area contributed by atoms with Gasteiger partial charge in [-0.05, 0) is 25.3 Å². The molecule has 0 fully saturated rings. The van der Waals surface area contributed by atoms with Gasteiger partial charge in [0, 0.05) is 12.1 Å². The molecule has 122 valence electrons. The molecule has 2 aromatic rings. The average molecular weight is 315 g/mol. The maximum Gasteiger partial charge on any atom is 0.311 e. The third-order valence-corrected chi connectivity index (χ3v) is 3.81. The summed E-state index contributed by atoms with van der Waals surface area (Å²) in [7, 11) is 0. The van der Waals surface area contributed by atoms with Crippen LogP contribution in [0.4, 0.5) is 0 Å². The number of hydrogen-bond donors (Lipinski definition) is 2. The molecular weight excluding hydrogens is 294 g/mol. The Balaban J connectivity index is 2.03. The lowest BCUT2D eigenvalue weighted by Crippen LogP contribution is -2.28.